The number of furan rings is 1. The van der Waals surface area contributed by atoms with Crippen LogP contribution >= 0.6 is 24.0 Å². The van der Waals surface area contributed by atoms with Crippen LogP contribution < -0.4 is 15.4 Å². The molecule has 0 saturated carbocycles. The zero-order valence-electron chi connectivity index (χ0n) is 18.4. The Balaban J connectivity index is 0.00000341. The number of nitrogens with one attached hydrogen (secondary N) is 3. The highest BCUT2D eigenvalue weighted by atomic mass is 127. The van der Waals surface area contributed by atoms with E-state index in [1.54, 1.807) is 6.26 Å². The fraction of sp³-hybridized carbons (Fsp3) is 0.391. The van der Waals surface area contributed by atoms with Crippen LogP contribution in [0.15, 0.2) is 58.3 Å². The molecule has 0 spiro atoms. The monoisotopic (exact) mass is 537 g/mol. The summed E-state index contributed by atoms with van der Waals surface area (Å²) in [6.07, 6.45) is 6.44. The third-order valence-corrected chi connectivity index (χ3v) is 4.54. The molecular formula is C23H32IN5O2. The SMILES string of the molecule is Cc1[nH]ncc1CCCN=C(NCCc1ccco1)Nc1ccc(OC(C)C)cc1.I. The van der Waals surface area contributed by atoms with E-state index in [-0.39, 0.29) is 30.1 Å². The molecule has 0 unspecified atom stereocenters. The highest BCUT2D eigenvalue weighted by Gasteiger charge is 2.04. The largest absolute Gasteiger partial charge is 0.491 e. The molecule has 0 amide bonds. The fourth-order valence-corrected chi connectivity index (χ4v) is 3.01. The van der Waals surface area contributed by atoms with Gasteiger partial charge in [-0.25, -0.2) is 0 Å². The Morgan fingerprint density at radius 1 is 1.19 bits per heavy atom. The number of aliphatic imine (C=N–C) groups is 1. The second-order valence-electron chi connectivity index (χ2n) is 7.43. The van der Waals surface area contributed by atoms with Gasteiger partial charge in [-0.3, -0.25) is 10.1 Å². The molecule has 0 radical (unpaired) electrons. The first-order valence-electron chi connectivity index (χ1n) is 10.4. The number of hydrogen-bond acceptors (Lipinski definition) is 4. The summed E-state index contributed by atoms with van der Waals surface area (Å²) < 4.78 is 11.1. The molecular weight excluding hydrogens is 505 g/mol. The van der Waals surface area contributed by atoms with Gasteiger partial charge in [-0.2, -0.15) is 5.10 Å². The maximum Gasteiger partial charge on any atom is 0.195 e. The van der Waals surface area contributed by atoms with Crippen molar-refractivity contribution in [3.05, 3.63) is 65.9 Å². The first-order chi connectivity index (χ1) is 14.6. The van der Waals surface area contributed by atoms with Gasteiger partial charge in [-0.05, 0) is 75.6 Å². The predicted molar refractivity (Wildman–Crippen MR) is 136 cm³/mol. The summed E-state index contributed by atoms with van der Waals surface area (Å²) in [6.45, 7) is 7.53. The summed E-state index contributed by atoms with van der Waals surface area (Å²) in [5, 5.41) is 13.8. The van der Waals surface area contributed by atoms with Crippen LogP contribution in [0.2, 0.25) is 0 Å². The van der Waals surface area contributed by atoms with E-state index < -0.39 is 0 Å². The van der Waals surface area contributed by atoms with Crippen LogP contribution in [0, 0.1) is 6.92 Å². The molecule has 7 nitrogen and oxygen atoms in total. The maximum absolute atomic E-state index is 5.71. The zero-order chi connectivity index (χ0) is 21.2. The topological polar surface area (TPSA) is 87.5 Å². The molecule has 2 heterocycles. The second-order valence-corrected chi connectivity index (χ2v) is 7.43. The van der Waals surface area contributed by atoms with Crippen molar-refractivity contribution in [3.8, 4) is 5.75 Å². The van der Waals surface area contributed by atoms with Crippen molar-refractivity contribution >= 4 is 35.6 Å². The highest BCUT2D eigenvalue weighted by molar-refractivity contribution is 14.0. The standard InChI is InChI=1S/C23H31N5O2.HI/c1-17(2)30-22-10-8-20(9-11-22)27-23(25-14-12-21-7-5-15-29-21)24-13-4-6-19-16-26-28-18(19)3;/h5,7-11,15-17H,4,6,12-14H2,1-3H3,(H,26,28)(H2,24,25,27);1H. The molecule has 3 aromatic rings. The number of H-pyrrole nitrogens is 1. The van der Waals surface area contributed by atoms with Gasteiger partial charge >= 0.3 is 0 Å². The minimum Gasteiger partial charge on any atom is -0.491 e. The summed E-state index contributed by atoms with van der Waals surface area (Å²) in [4.78, 5) is 4.74. The normalized spacial score (nSPS) is 11.3. The van der Waals surface area contributed by atoms with Gasteiger partial charge < -0.3 is 19.8 Å². The van der Waals surface area contributed by atoms with E-state index >= 15 is 0 Å². The third kappa shape index (κ3) is 8.64. The molecule has 0 atom stereocenters. The van der Waals surface area contributed by atoms with E-state index in [4.69, 9.17) is 14.1 Å². The van der Waals surface area contributed by atoms with Crippen LogP contribution in [0.25, 0.3) is 0 Å². The first kappa shape index (κ1) is 24.8. The lowest BCUT2D eigenvalue weighted by molar-refractivity contribution is 0.242. The Bertz CT molecular complexity index is 904. The average molecular weight is 537 g/mol. The van der Waals surface area contributed by atoms with Gasteiger partial charge in [0, 0.05) is 30.9 Å². The van der Waals surface area contributed by atoms with Crippen LogP contribution in [0.5, 0.6) is 5.75 Å². The number of anilines is 1. The first-order valence-corrected chi connectivity index (χ1v) is 10.4. The van der Waals surface area contributed by atoms with Crippen molar-refractivity contribution in [2.24, 2.45) is 4.99 Å². The van der Waals surface area contributed by atoms with Gasteiger partial charge in [0.25, 0.3) is 0 Å². The number of hydrogen-bond donors (Lipinski definition) is 3. The Morgan fingerprint density at radius 2 is 2.00 bits per heavy atom. The summed E-state index contributed by atoms with van der Waals surface area (Å²) in [5.41, 5.74) is 3.32. The summed E-state index contributed by atoms with van der Waals surface area (Å²) in [7, 11) is 0. The van der Waals surface area contributed by atoms with Gasteiger partial charge in [0.15, 0.2) is 5.96 Å². The lowest BCUT2D eigenvalue weighted by Crippen LogP contribution is -2.32. The number of aromatic nitrogens is 2. The predicted octanol–water partition coefficient (Wildman–Crippen LogP) is 4.95. The molecule has 1 aromatic carbocycles. The van der Waals surface area contributed by atoms with Crippen molar-refractivity contribution in [2.75, 3.05) is 18.4 Å². The molecule has 3 rings (SSSR count). The summed E-state index contributed by atoms with van der Waals surface area (Å²) in [6, 6.07) is 11.8. The zero-order valence-corrected chi connectivity index (χ0v) is 20.7. The summed E-state index contributed by atoms with van der Waals surface area (Å²) >= 11 is 0. The Hall–Kier alpha value is -2.49. The van der Waals surface area contributed by atoms with Crippen molar-refractivity contribution in [2.45, 2.75) is 46.1 Å². The van der Waals surface area contributed by atoms with E-state index in [2.05, 4.69) is 20.8 Å². The van der Waals surface area contributed by atoms with Crippen LogP contribution in [0.1, 0.15) is 37.3 Å². The number of aromatic amines is 1. The third-order valence-electron chi connectivity index (χ3n) is 4.54. The molecule has 8 heteroatoms. The van der Waals surface area contributed by atoms with E-state index in [1.165, 1.54) is 5.56 Å². The number of nitrogens with zero attached hydrogens (tertiary/aromatic N) is 2. The smallest absolute Gasteiger partial charge is 0.195 e. The molecule has 0 saturated heterocycles. The molecule has 0 aliphatic heterocycles. The van der Waals surface area contributed by atoms with Gasteiger partial charge in [0.1, 0.15) is 11.5 Å². The van der Waals surface area contributed by atoms with E-state index in [1.807, 2.05) is 63.4 Å². The molecule has 0 aliphatic carbocycles. The Labute approximate surface area is 201 Å². The number of benzene rings is 1. The number of aryl methyl sites for hydroxylation is 2. The quantitative estimate of drug-likeness (QED) is 0.148. The Morgan fingerprint density at radius 3 is 2.65 bits per heavy atom. The van der Waals surface area contributed by atoms with E-state index in [0.29, 0.717) is 0 Å². The fourth-order valence-electron chi connectivity index (χ4n) is 3.01. The number of halogens is 1. The molecule has 3 N–H and O–H groups in total. The van der Waals surface area contributed by atoms with Gasteiger partial charge in [0.05, 0.1) is 18.6 Å². The van der Waals surface area contributed by atoms with Crippen molar-refractivity contribution < 1.29 is 9.15 Å². The van der Waals surface area contributed by atoms with Gasteiger partial charge in [-0.15, -0.1) is 24.0 Å². The summed E-state index contributed by atoms with van der Waals surface area (Å²) in [5.74, 6) is 2.56. The lowest BCUT2D eigenvalue weighted by Gasteiger charge is -2.14. The van der Waals surface area contributed by atoms with Crippen LogP contribution in [0.4, 0.5) is 5.69 Å². The van der Waals surface area contributed by atoms with Gasteiger partial charge in [0.2, 0.25) is 0 Å². The van der Waals surface area contributed by atoms with Gasteiger partial charge in [-0.1, -0.05) is 0 Å². The number of rotatable bonds is 10. The molecule has 0 fully saturated rings. The average Bonchev–Trinajstić information content (AvgIpc) is 3.38. The highest BCUT2D eigenvalue weighted by Crippen LogP contribution is 2.17. The van der Waals surface area contributed by atoms with Crippen LogP contribution in [-0.4, -0.2) is 35.4 Å². The van der Waals surface area contributed by atoms with E-state index in [9.17, 15) is 0 Å². The lowest BCUT2D eigenvalue weighted by atomic mass is 10.1. The number of guanidine groups is 1. The number of ether oxygens (including phenoxy) is 1. The molecule has 0 bridgehead atoms. The van der Waals surface area contributed by atoms with Crippen molar-refractivity contribution in [1.82, 2.24) is 15.5 Å². The molecule has 168 valence electrons. The van der Waals surface area contributed by atoms with E-state index in [0.717, 1.165) is 61.2 Å². The molecule has 0 aliphatic rings. The second kappa shape index (κ2) is 13.0. The van der Waals surface area contributed by atoms with Crippen molar-refractivity contribution in [1.29, 1.82) is 0 Å². The molecule has 2 aromatic heterocycles. The minimum atomic E-state index is 0. The minimum absolute atomic E-state index is 0. The van der Waals surface area contributed by atoms with Crippen LogP contribution in [0.3, 0.4) is 0 Å². The Kier molecular flexibility index (Phi) is 10.4. The maximum atomic E-state index is 5.71. The van der Waals surface area contributed by atoms with Crippen molar-refractivity contribution in [3.63, 3.8) is 0 Å². The van der Waals surface area contributed by atoms with Crippen LogP contribution in [-0.2, 0) is 12.8 Å². The molecule has 31 heavy (non-hydrogen) atoms.